The van der Waals surface area contributed by atoms with Crippen LogP contribution in [0, 0.1) is 24.0 Å². The molecular formula is C41H39F2N7O4. The molecule has 2 saturated heterocycles. The number of methoxy groups -OCH3 is 1. The molecule has 3 aliphatic heterocycles. The molecule has 0 bridgehead atoms. The molecule has 0 spiro atoms. The van der Waals surface area contributed by atoms with Crippen LogP contribution in [0.25, 0.3) is 32.9 Å². The third kappa shape index (κ3) is 5.91. The van der Waals surface area contributed by atoms with Gasteiger partial charge in [0.1, 0.15) is 52.5 Å². The molecule has 11 nitrogen and oxygen atoms in total. The number of nitrogens with two attached hydrogens (primary N) is 1. The van der Waals surface area contributed by atoms with E-state index >= 15 is 8.78 Å². The van der Waals surface area contributed by atoms with E-state index in [9.17, 15) is 0 Å². The maximum absolute atomic E-state index is 17.6. The highest BCUT2D eigenvalue weighted by Gasteiger charge is 2.48. The SMILES string of the molecule is C#Cc1c(F)ccc2cc(OCOC)cc(-c3nc4c5c(nc(OCC67CC(=C)CN6CC(=C)C7)nc5c3F)N(C(C)c3cccnc3N)C[C@H](C)O4)c12. The summed E-state index contributed by atoms with van der Waals surface area (Å²) in [5.74, 6) is 2.11. The van der Waals surface area contributed by atoms with Gasteiger partial charge in [-0.2, -0.15) is 9.97 Å². The fourth-order valence-corrected chi connectivity index (χ4v) is 8.13. The van der Waals surface area contributed by atoms with Gasteiger partial charge in [-0.25, -0.2) is 18.7 Å². The maximum Gasteiger partial charge on any atom is 0.319 e. The van der Waals surface area contributed by atoms with Crippen molar-refractivity contribution in [3.8, 4) is 41.2 Å². The Morgan fingerprint density at radius 3 is 2.59 bits per heavy atom. The molecule has 0 saturated carbocycles. The second-order valence-electron chi connectivity index (χ2n) is 14.3. The zero-order valence-corrected chi connectivity index (χ0v) is 30.3. The van der Waals surface area contributed by atoms with E-state index < -0.39 is 17.7 Å². The van der Waals surface area contributed by atoms with Gasteiger partial charge in [0, 0.05) is 42.9 Å². The number of rotatable bonds is 9. The van der Waals surface area contributed by atoms with Crippen LogP contribution < -0.4 is 24.8 Å². The van der Waals surface area contributed by atoms with Crippen molar-refractivity contribution in [3.05, 3.63) is 89.7 Å². The van der Waals surface area contributed by atoms with Crippen molar-refractivity contribution in [2.75, 3.05) is 50.8 Å². The first kappa shape index (κ1) is 35.2. The van der Waals surface area contributed by atoms with Crippen LogP contribution in [0.15, 0.2) is 66.9 Å². The molecule has 0 aliphatic carbocycles. The highest BCUT2D eigenvalue weighted by Crippen LogP contribution is 2.46. The minimum absolute atomic E-state index is 0.0350. The summed E-state index contributed by atoms with van der Waals surface area (Å²) >= 11 is 0. The maximum atomic E-state index is 17.6. The minimum Gasteiger partial charge on any atom is -0.472 e. The summed E-state index contributed by atoms with van der Waals surface area (Å²) in [5, 5.41) is 1.03. The summed E-state index contributed by atoms with van der Waals surface area (Å²) in [6.45, 7) is 14.3. The van der Waals surface area contributed by atoms with E-state index in [1.807, 2.05) is 30.9 Å². The Morgan fingerprint density at radius 2 is 1.87 bits per heavy atom. The largest absolute Gasteiger partial charge is 0.472 e. The fourth-order valence-electron chi connectivity index (χ4n) is 8.13. The van der Waals surface area contributed by atoms with E-state index in [1.54, 1.807) is 24.4 Å². The first-order valence-corrected chi connectivity index (χ1v) is 17.6. The lowest BCUT2D eigenvalue weighted by atomic mass is 9.92. The van der Waals surface area contributed by atoms with Crippen molar-refractivity contribution in [1.29, 1.82) is 0 Å². The van der Waals surface area contributed by atoms with Gasteiger partial charge in [0.2, 0.25) is 5.88 Å². The molecule has 3 aromatic heterocycles. The molecular weight excluding hydrogens is 692 g/mol. The average Bonchev–Trinajstić information content (AvgIpc) is 3.56. The molecule has 6 heterocycles. The van der Waals surface area contributed by atoms with E-state index in [0.29, 0.717) is 29.3 Å². The number of nitrogen functional groups attached to an aromatic ring is 1. The van der Waals surface area contributed by atoms with Crippen LogP contribution in [-0.4, -0.2) is 76.6 Å². The van der Waals surface area contributed by atoms with Crippen molar-refractivity contribution in [2.45, 2.75) is 44.4 Å². The van der Waals surface area contributed by atoms with Gasteiger partial charge in [0.05, 0.1) is 23.7 Å². The van der Waals surface area contributed by atoms with Gasteiger partial charge in [-0.3, -0.25) is 4.90 Å². The van der Waals surface area contributed by atoms with Gasteiger partial charge in [0.25, 0.3) is 0 Å². The number of nitrogens with zero attached hydrogens (tertiary/aromatic N) is 6. The smallest absolute Gasteiger partial charge is 0.319 e. The van der Waals surface area contributed by atoms with Crippen molar-refractivity contribution < 1.29 is 27.7 Å². The minimum atomic E-state index is -0.811. The Balaban J connectivity index is 1.36. The van der Waals surface area contributed by atoms with Crippen LogP contribution in [0.2, 0.25) is 0 Å². The Kier molecular flexibility index (Phi) is 8.82. The van der Waals surface area contributed by atoms with Crippen molar-refractivity contribution >= 4 is 33.3 Å². The molecule has 3 aliphatic rings. The van der Waals surface area contributed by atoms with Crippen LogP contribution in [0.5, 0.6) is 17.6 Å². The van der Waals surface area contributed by atoms with Crippen LogP contribution in [-0.2, 0) is 4.74 Å². The summed E-state index contributed by atoms with van der Waals surface area (Å²) in [6, 6.07) is 9.33. The lowest BCUT2D eigenvalue weighted by Crippen LogP contribution is -2.43. The Morgan fingerprint density at radius 1 is 1.09 bits per heavy atom. The topological polar surface area (TPSA) is 121 Å². The van der Waals surface area contributed by atoms with Gasteiger partial charge < -0.3 is 29.6 Å². The molecule has 0 radical (unpaired) electrons. The molecule has 0 amide bonds. The summed E-state index contributed by atoms with van der Waals surface area (Å²) in [5.41, 5.74) is 8.83. The monoisotopic (exact) mass is 731 g/mol. The molecule has 2 fully saturated rings. The quantitative estimate of drug-likeness (QED) is 0.0985. The standard InChI is InChI=1S/C41H39F2N7O4/c1-7-28-31(42)11-10-26-13-27(53-21-51-6)14-30(32(26)28)35-34(43)36-33-38(48-40(47-36)52-20-41-15-22(2)17-49(41)18-23(3)16-41)50(19-24(4)54-39(33)46-35)25(5)29-9-8-12-45-37(29)44/h1,8-14,24-25H,2-3,15-21H2,4-6H3,(H2,44,45)/t24-,25?/m0/s1. The normalized spacial score (nSPS) is 18.4. The number of fused-ring (bicyclic) bond motifs is 2. The number of halogens is 2. The first-order chi connectivity index (χ1) is 26.0. The van der Waals surface area contributed by atoms with E-state index in [1.165, 1.54) is 13.2 Å². The number of anilines is 2. The first-order valence-electron chi connectivity index (χ1n) is 17.6. The number of hydrogen-bond acceptors (Lipinski definition) is 11. The lowest BCUT2D eigenvalue weighted by molar-refractivity contribution is 0.0512. The molecule has 2 aromatic carbocycles. The summed E-state index contributed by atoms with van der Waals surface area (Å²) in [4.78, 5) is 23.0. The second kappa shape index (κ2) is 13.5. The second-order valence-corrected chi connectivity index (χ2v) is 14.3. The van der Waals surface area contributed by atoms with Gasteiger partial charge in [-0.05, 0) is 56.3 Å². The van der Waals surface area contributed by atoms with Crippen LogP contribution >= 0.6 is 0 Å². The van der Waals surface area contributed by atoms with Crippen molar-refractivity contribution in [3.63, 3.8) is 0 Å². The highest BCUT2D eigenvalue weighted by atomic mass is 19.1. The summed E-state index contributed by atoms with van der Waals surface area (Å²) < 4.78 is 56.7. The number of terminal acetylenes is 1. The highest BCUT2D eigenvalue weighted by molar-refractivity contribution is 6.04. The van der Waals surface area contributed by atoms with Gasteiger partial charge >= 0.3 is 6.01 Å². The molecule has 1 unspecified atom stereocenters. The van der Waals surface area contributed by atoms with Gasteiger partial charge in [-0.1, -0.05) is 42.4 Å². The van der Waals surface area contributed by atoms with Crippen LogP contribution in [0.4, 0.5) is 20.4 Å². The summed E-state index contributed by atoms with van der Waals surface area (Å²) in [6.07, 6.45) is 8.47. The number of pyridine rings is 2. The van der Waals surface area contributed by atoms with E-state index in [2.05, 4.69) is 29.0 Å². The zero-order valence-electron chi connectivity index (χ0n) is 30.3. The molecule has 2 N–H and O–H groups in total. The number of ether oxygens (including phenoxy) is 4. The van der Waals surface area contributed by atoms with Gasteiger partial charge in [-0.15, -0.1) is 6.42 Å². The van der Waals surface area contributed by atoms with Crippen LogP contribution in [0.3, 0.4) is 0 Å². The number of aromatic nitrogens is 4. The molecule has 13 heteroatoms. The van der Waals surface area contributed by atoms with E-state index in [4.69, 9.17) is 46.1 Å². The number of hydrogen-bond donors (Lipinski definition) is 1. The summed E-state index contributed by atoms with van der Waals surface area (Å²) in [7, 11) is 1.48. The van der Waals surface area contributed by atoms with E-state index in [0.717, 1.165) is 42.6 Å². The Labute approximate surface area is 311 Å². The van der Waals surface area contributed by atoms with E-state index in [-0.39, 0.29) is 70.0 Å². The molecule has 276 valence electrons. The molecule has 2 atom stereocenters. The van der Waals surface area contributed by atoms with Crippen LogP contribution in [0.1, 0.15) is 43.9 Å². The van der Waals surface area contributed by atoms with Crippen molar-refractivity contribution in [1.82, 2.24) is 24.8 Å². The lowest BCUT2D eigenvalue weighted by Gasteiger charge is -2.32. The Hall–Kier alpha value is -5.84. The average molecular weight is 732 g/mol. The third-order valence-electron chi connectivity index (χ3n) is 10.5. The predicted molar refractivity (Wildman–Crippen MR) is 202 cm³/mol. The van der Waals surface area contributed by atoms with Crippen molar-refractivity contribution in [2.24, 2.45) is 0 Å². The number of benzene rings is 2. The Bertz CT molecular complexity index is 2390. The predicted octanol–water partition coefficient (Wildman–Crippen LogP) is 6.75. The fraction of sp³-hybridized carbons (Fsp3) is 0.317. The zero-order chi connectivity index (χ0) is 37.9. The molecule has 5 aromatic rings. The third-order valence-corrected chi connectivity index (χ3v) is 10.5. The molecule has 8 rings (SSSR count). The molecule has 54 heavy (non-hydrogen) atoms. The van der Waals surface area contributed by atoms with Gasteiger partial charge in [0.15, 0.2) is 12.6 Å².